The van der Waals surface area contributed by atoms with Crippen LogP contribution in [0, 0.1) is 5.92 Å². The Balaban J connectivity index is 2.43. The second kappa shape index (κ2) is 7.08. The monoisotopic (exact) mass is 362 g/mol. The van der Waals surface area contributed by atoms with Gasteiger partial charge in [0.25, 0.3) is 0 Å². The molecule has 1 heterocycles. The molecule has 1 saturated heterocycles. The molecule has 5 nitrogen and oxygen atoms in total. The smallest absolute Gasteiger partial charge is 0.317 e. The third-order valence-corrected chi connectivity index (χ3v) is 13.5. The van der Waals surface area contributed by atoms with Crippen molar-refractivity contribution in [1.82, 2.24) is 0 Å². The third kappa shape index (κ3) is 7.32. The van der Waals surface area contributed by atoms with Gasteiger partial charge in [-0.1, -0.05) is 6.42 Å². The van der Waals surface area contributed by atoms with Gasteiger partial charge in [0, 0.05) is 0 Å². The molecular weight excluding hydrogens is 332 g/mol. The Morgan fingerprint density at radius 1 is 1.05 bits per heavy atom. The minimum Gasteiger partial charge on any atom is -0.437 e. The molecule has 1 atom stereocenters. The van der Waals surface area contributed by atoms with Gasteiger partial charge in [0.1, 0.15) is 0 Å². The molecule has 0 aromatic rings. The van der Waals surface area contributed by atoms with Crippen molar-refractivity contribution in [1.29, 1.82) is 0 Å². The van der Waals surface area contributed by atoms with Gasteiger partial charge in [-0.3, -0.25) is 9.59 Å². The zero-order valence-corrected chi connectivity index (χ0v) is 17.9. The molecule has 1 aliphatic rings. The summed E-state index contributed by atoms with van der Waals surface area (Å²) in [5.74, 6) is -0.997. The van der Waals surface area contributed by atoms with E-state index < -0.39 is 25.2 Å². The Kier molecular flexibility index (Phi) is 6.36. The van der Waals surface area contributed by atoms with Crippen LogP contribution in [0.15, 0.2) is 0 Å². The van der Waals surface area contributed by atoms with E-state index in [0.29, 0.717) is 6.42 Å². The standard InChI is InChI=1S/C14H30O5Si3/c1-20(2,3)18-22(6,7)19-21(4,5)10-8-9-12-11-13(15)17-14(12)16/h12H,8-11H2,1-7H3. The summed E-state index contributed by atoms with van der Waals surface area (Å²) in [4.78, 5) is 22.5. The van der Waals surface area contributed by atoms with Crippen molar-refractivity contribution >= 4 is 37.1 Å². The van der Waals surface area contributed by atoms with E-state index in [-0.39, 0.29) is 24.3 Å². The lowest BCUT2D eigenvalue weighted by atomic mass is 10.0. The van der Waals surface area contributed by atoms with Crippen LogP contribution < -0.4 is 0 Å². The SMILES string of the molecule is C[Si](C)(C)O[Si](C)(C)O[Si](C)(C)CCCC1CC(=O)OC1=O. The van der Waals surface area contributed by atoms with Crippen LogP contribution in [0.3, 0.4) is 0 Å². The molecule has 0 aromatic heterocycles. The molecule has 1 unspecified atom stereocenters. The maximum absolute atomic E-state index is 11.5. The normalized spacial score (nSPS) is 20.4. The topological polar surface area (TPSA) is 61.8 Å². The predicted molar refractivity (Wildman–Crippen MR) is 93.7 cm³/mol. The summed E-state index contributed by atoms with van der Waals surface area (Å²) in [6.45, 7) is 15.2. The van der Waals surface area contributed by atoms with E-state index in [1.165, 1.54) is 0 Å². The lowest BCUT2D eigenvalue weighted by molar-refractivity contribution is -0.153. The average Bonchev–Trinajstić information content (AvgIpc) is 2.51. The number of ether oxygens (including phenoxy) is 1. The summed E-state index contributed by atoms with van der Waals surface area (Å²) in [5.41, 5.74) is 0. The summed E-state index contributed by atoms with van der Waals surface area (Å²) in [6.07, 6.45) is 1.84. The highest BCUT2D eigenvalue weighted by Gasteiger charge is 2.38. The fraction of sp³-hybridized carbons (Fsp3) is 0.857. The van der Waals surface area contributed by atoms with E-state index in [2.05, 4.69) is 50.6 Å². The quantitative estimate of drug-likeness (QED) is 0.375. The Morgan fingerprint density at radius 3 is 2.09 bits per heavy atom. The number of esters is 2. The van der Waals surface area contributed by atoms with Crippen LogP contribution in [0.25, 0.3) is 0 Å². The Labute approximate surface area is 137 Å². The highest BCUT2D eigenvalue weighted by Crippen LogP contribution is 2.27. The first-order valence-corrected chi connectivity index (χ1v) is 17.3. The molecule has 0 aliphatic carbocycles. The minimum absolute atomic E-state index is 0.237. The second-order valence-electron chi connectivity index (χ2n) is 8.06. The molecule has 0 aromatic carbocycles. The largest absolute Gasteiger partial charge is 0.437 e. The first-order chi connectivity index (χ1) is 9.80. The van der Waals surface area contributed by atoms with Crippen LogP contribution >= 0.6 is 0 Å². The van der Waals surface area contributed by atoms with Crippen molar-refractivity contribution in [2.75, 3.05) is 0 Å². The van der Waals surface area contributed by atoms with Crippen LogP contribution in [0.4, 0.5) is 0 Å². The highest BCUT2D eigenvalue weighted by atomic mass is 28.5. The Morgan fingerprint density at radius 2 is 1.64 bits per heavy atom. The molecule has 1 aliphatic heterocycles. The van der Waals surface area contributed by atoms with Crippen molar-refractivity contribution in [2.45, 2.75) is 71.1 Å². The fourth-order valence-electron chi connectivity index (χ4n) is 2.99. The molecule has 0 N–H and O–H groups in total. The van der Waals surface area contributed by atoms with Crippen LogP contribution in [-0.4, -0.2) is 37.1 Å². The fourth-order valence-corrected chi connectivity index (χ4v) is 16.2. The highest BCUT2D eigenvalue weighted by molar-refractivity contribution is 6.87. The molecule has 8 heteroatoms. The molecule has 0 radical (unpaired) electrons. The summed E-state index contributed by atoms with van der Waals surface area (Å²) in [7, 11) is -5.53. The van der Waals surface area contributed by atoms with E-state index in [1.54, 1.807) is 0 Å². The zero-order chi connectivity index (χ0) is 17.2. The number of carbonyl (C=O) groups excluding carboxylic acids is 2. The Bertz CT molecular complexity index is 429. The summed E-state index contributed by atoms with van der Waals surface area (Å²) in [5, 5.41) is 0. The summed E-state index contributed by atoms with van der Waals surface area (Å²) in [6, 6.07) is 0.969. The van der Waals surface area contributed by atoms with Crippen LogP contribution in [0.1, 0.15) is 19.3 Å². The average molecular weight is 363 g/mol. The maximum Gasteiger partial charge on any atom is 0.317 e. The van der Waals surface area contributed by atoms with Gasteiger partial charge < -0.3 is 13.0 Å². The van der Waals surface area contributed by atoms with Crippen molar-refractivity contribution in [3.05, 3.63) is 0 Å². The first kappa shape index (κ1) is 19.8. The van der Waals surface area contributed by atoms with E-state index in [0.717, 1.165) is 12.5 Å². The van der Waals surface area contributed by atoms with E-state index >= 15 is 0 Å². The van der Waals surface area contributed by atoms with Crippen LogP contribution in [0.5, 0.6) is 0 Å². The second-order valence-corrected chi connectivity index (χ2v) is 20.7. The minimum atomic E-state index is -2.10. The molecule has 0 bridgehead atoms. The molecule has 1 fully saturated rings. The summed E-state index contributed by atoms with van der Waals surface area (Å²) >= 11 is 0. The zero-order valence-electron chi connectivity index (χ0n) is 14.9. The van der Waals surface area contributed by atoms with Gasteiger partial charge in [0.05, 0.1) is 12.3 Å². The van der Waals surface area contributed by atoms with Crippen molar-refractivity contribution < 1.29 is 22.6 Å². The first-order valence-electron chi connectivity index (χ1n) is 7.95. The van der Waals surface area contributed by atoms with Gasteiger partial charge in [0.2, 0.25) is 0 Å². The molecule has 1 rings (SSSR count). The van der Waals surface area contributed by atoms with Gasteiger partial charge in [-0.15, -0.1) is 0 Å². The molecular formula is C14H30O5Si3. The van der Waals surface area contributed by atoms with Gasteiger partial charge in [-0.2, -0.15) is 0 Å². The summed E-state index contributed by atoms with van der Waals surface area (Å²) < 4.78 is 17.3. The number of cyclic esters (lactones) is 2. The van der Waals surface area contributed by atoms with Crippen LogP contribution in [-0.2, 0) is 22.6 Å². The molecule has 0 amide bonds. The van der Waals surface area contributed by atoms with Gasteiger partial charge in [0.15, 0.2) is 16.6 Å². The number of hydrogen-bond acceptors (Lipinski definition) is 5. The molecule has 22 heavy (non-hydrogen) atoms. The maximum atomic E-state index is 11.5. The van der Waals surface area contributed by atoms with Gasteiger partial charge in [-0.25, -0.2) is 0 Å². The van der Waals surface area contributed by atoms with Crippen molar-refractivity contribution in [3.8, 4) is 0 Å². The van der Waals surface area contributed by atoms with Crippen molar-refractivity contribution in [2.24, 2.45) is 5.92 Å². The van der Waals surface area contributed by atoms with Crippen LogP contribution in [0.2, 0.25) is 51.9 Å². The number of hydrogen-bond donors (Lipinski definition) is 0. The van der Waals surface area contributed by atoms with Gasteiger partial charge in [-0.05, 0) is 58.3 Å². The molecule has 128 valence electrons. The molecule has 0 saturated carbocycles. The molecule has 0 spiro atoms. The van der Waals surface area contributed by atoms with E-state index in [1.807, 2.05) is 0 Å². The lowest BCUT2D eigenvalue weighted by Crippen LogP contribution is -2.51. The van der Waals surface area contributed by atoms with Crippen molar-refractivity contribution in [3.63, 3.8) is 0 Å². The number of rotatable bonds is 8. The number of carbonyl (C=O) groups is 2. The third-order valence-electron chi connectivity index (χ3n) is 3.37. The van der Waals surface area contributed by atoms with Gasteiger partial charge >= 0.3 is 20.5 Å². The van der Waals surface area contributed by atoms with E-state index in [9.17, 15) is 9.59 Å². The Hall–Kier alpha value is -0.289. The lowest BCUT2D eigenvalue weighted by Gasteiger charge is -2.37. The predicted octanol–water partition coefficient (Wildman–Crippen LogP) is 3.63. The van der Waals surface area contributed by atoms with E-state index in [4.69, 9.17) is 8.23 Å².